The second-order valence-electron chi connectivity index (χ2n) is 10.1. The van der Waals surface area contributed by atoms with Gasteiger partial charge in [-0.2, -0.15) is 4.31 Å². The molecule has 0 saturated carbocycles. The highest BCUT2D eigenvalue weighted by Crippen LogP contribution is 2.40. The van der Waals surface area contributed by atoms with Gasteiger partial charge in [0.2, 0.25) is 10.0 Å². The molecule has 3 aromatic carbocycles. The third-order valence-electron chi connectivity index (χ3n) is 7.73. The van der Waals surface area contributed by atoms with Crippen molar-refractivity contribution in [1.29, 1.82) is 0 Å². The fourth-order valence-corrected chi connectivity index (χ4v) is 7.04. The zero-order valence-electron chi connectivity index (χ0n) is 23.7. The van der Waals surface area contributed by atoms with Gasteiger partial charge in [0.15, 0.2) is 11.5 Å². The molecular formula is C32H33N3O6S. The molecule has 0 N–H and O–H groups in total. The van der Waals surface area contributed by atoms with E-state index in [0.29, 0.717) is 74.3 Å². The Kier molecular flexibility index (Phi) is 7.76. The number of methoxy groups -OCH3 is 1. The molecule has 3 heterocycles. The van der Waals surface area contributed by atoms with E-state index in [1.807, 2.05) is 67.7 Å². The first-order valence-corrected chi connectivity index (χ1v) is 15.5. The zero-order chi connectivity index (χ0) is 29.3. The van der Waals surface area contributed by atoms with Crippen LogP contribution in [0.25, 0.3) is 22.6 Å². The van der Waals surface area contributed by atoms with Gasteiger partial charge in [-0.15, -0.1) is 0 Å². The zero-order valence-corrected chi connectivity index (χ0v) is 24.5. The average Bonchev–Trinajstić information content (AvgIpc) is 3.51. The Hall–Kier alpha value is -4.12. The van der Waals surface area contributed by atoms with E-state index in [1.54, 1.807) is 30.2 Å². The fraction of sp³-hybridized carbons (Fsp3) is 0.281. The van der Waals surface area contributed by atoms with E-state index in [2.05, 4.69) is 4.57 Å². The Balaban J connectivity index is 1.35. The molecule has 0 aliphatic carbocycles. The van der Waals surface area contributed by atoms with Crippen LogP contribution in [0.5, 0.6) is 11.5 Å². The average molecular weight is 588 g/mol. The lowest BCUT2D eigenvalue weighted by Gasteiger charge is -2.26. The van der Waals surface area contributed by atoms with Crippen molar-refractivity contribution in [3.63, 3.8) is 0 Å². The van der Waals surface area contributed by atoms with E-state index in [4.69, 9.17) is 14.2 Å². The number of hydrogen-bond donors (Lipinski definition) is 0. The van der Waals surface area contributed by atoms with Gasteiger partial charge in [0.05, 0.1) is 37.5 Å². The molecule has 2 aliphatic rings. The normalized spacial score (nSPS) is 16.8. The van der Waals surface area contributed by atoms with E-state index in [1.165, 1.54) is 4.31 Å². The van der Waals surface area contributed by atoms with Crippen molar-refractivity contribution < 1.29 is 27.4 Å². The van der Waals surface area contributed by atoms with E-state index >= 15 is 0 Å². The minimum absolute atomic E-state index is 0.148. The van der Waals surface area contributed by atoms with E-state index < -0.39 is 10.0 Å². The van der Waals surface area contributed by atoms with E-state index in [9.17, 15) is 13.2 Å². The Bertz CT molecular complexity index is 1770. The first-order valence-electron chi connectivity index (χ1n) is 14.0. The second kappa shape index (κ2) is 11.6. The van der Waals surface area contributed by atoms with Crippen LogP contribution in [0.2, 0.25) is 0 Å². The van der Waals surface area contributed by atoms with Crippen molar-refractivity contribution in [2.24, 2.45) is 0 Å². The number of morpholine rings is 1. The predicted molar refractivity (Wildman–Crippen MR) is 162 cm³/mol. The number of para-hydroxylation sites is 3. The number of likely N-dealkylation sites (N-methyl/N-ethyl adjacent to an activating group) is 1. The van der Waals surface area contributed by atoms with Gasteiger partial charge in [-0.25, -0.2) is 8.42 Å². The number of nitrogens with zero attached hydrogens (tertiary/aromatic N) is 3. The van der Waals surface area contributed by atoms with Gasteiger partial charge in [0.25, 0.3) is 5.91 Å². The highest BCUT2D eigenvalue weighted by atomic mass is 32.2. The van der Waals surface area contributed by atoms with Crippen LogP contribution in [0, 0.1) is 0 Å². The van der Waals surface area contributed by atoms with Crippen molar-refractivity contribution in [2.75, 3.05) is 51.5 Å². The molecule has 0 radical (unpaired) electrons. The molecule has 9 nitrogen and oxygen atoms in total. The molecular weight excluding hydrogens is 554 g/mol. The lowest BCUT2D eigenvalue weighted by molar-refractivity contribution is -0.112. The smallest absolute Gasteiger partial charge is 0.258 e. The van der Waals surface area contributed by atoms with Gasteiger partial charge in [0.1, 0.15) is 6.61 Å². The van der Waals surface area contributed by atoms with Crippen LogP contribution in [0.15, 0.2) is 77.8 Å². The quantitative estimate of drug-likeness (QED) is 0.265. The molecule has 1 saturated heterocycles. The number of hydrogen-bond acceptors (Lipinski definition) is 6. The summed E-state index contributed by atoms with van der Waals surface area (Å²) in [5, 5.41) is 0.990. The van der Waals surface area contributed by atoms with Crippen molar-refractivity contribution >= 4 is 44.2 Å². The van der Waals surface area contributed by atoms with Gasteiger partial charge in [-0.1, -0.05) is 30.3 Å². The van der Waals surface area contributed by atoms with Gasteiger partial charge < -0.3 is 23.7 Å². The highest BCUT2D eigenvalue weighted by molar-refractivity contribution is 7.89. The lowest BCUT2D eigenvalue weighted by atomic mass is 10.0. The maximum atomic E-state index is 13.6. The van der Waals surface area contributed by atoms with E-state index in [-0.39, 0.29) is 10.8 Å². The third kappa shape index (κ3) is 5.06. The van der Waals surface area contributed by atoms with Gasteiger partial charge in [0, 0.05) is 53.4 Å². The van der Waals surface area contributed by atoms with Crippen LogP contribution in [-0.2, 0) is 26.1 Å². The number of carbonyl (C=O) groups is 1. The maximum absolute atomic E-state index is 13.6. The van der Waals surface area contributed by atoms with Crippen LogP contribution >= 0.6 is 0 Å². The summed E-state index contributed by atoms with van der Waals surface area (Å²) in [5.74, 6) is 1.20. The Morgan fingerprint density at radius 2 is 1.71 bits per heavy atom. The number of ether oxygens (including phenoxy) is 3. The molecule has 0 unspecified atom stereocenters. The summed E-state index contributed by atoms with van der Waals surface area (Å²) in [5.41, 5.74) is 3.68. The number of anilines is 1. The number of benzene rings is 3. The number of rotatable bonds is 9. The van der Waals surface area contributed by atoms with Crippen molar-refractivity contribution in [3.05, 3.63) is 84.1 Å². The molecule has 6 rings (SSSR count). The summed E-state index contributed by atoms with van der Waals surface area (Å²) in [6.45, 7) is 4.73. The van der Waals surface area contributed by atoms with Gasteiger partial charge in [-0.3, -0.25) is 4.79 Å². The lowest BCUT2D eigenvalue weighted by Crippen LogP contribution is -2.40. The van der Waals surface area contributed by atoms with Crippen LogP contribution in [0.1, 0.15) is 18.1 Å². The largest absolute Gasteiger partial charge is 0.493 e. The van der Waals surface area contributed by atoms with Gasteiger partial charge >= 0.3 is 0 Å². The molecule has 2 aliphatic heterocycles. The molecule has 0 bridgehead atoms. The number of amides is 1. The number of sulfonamides is 1. The van der Waals surface area contributed by atoms with Crippen LogP contribution in [0.4, 0.5) is 5.69 Å². The molecule has 0 atom stereocenters. The highest BCUT2D eigenvalue weighted by Gasteiger charge is 2.34. The van der Waals surface area contributed by atoms with E-state index in [0.717, 1.165) is 16.5 Å². The van der Waals surface area contributed by atoms with Crippen molar-refractivity contribution in [3.8, 4) is 11.5 Å². The first-order chi connectivity index (χ1) is 20.4. The minimum Gasteiger partial charge on any atom is -0.493 e. The Morgan fingerprint density at radius 3 is 2.48 bits per heavy atom. The summed E-state index contributed by atoms with van der Waals surface area (Å²) < 4.78 is 47.2. The number of carbonyl (C=O) groups excluding carboxylic acids is 1. The van der Waals surface area contributed by atoms with Crippen LogP contribution in [0.3, 0.4) is 0 Å². The topological polar surface area (TPSA) is 90.3 Å². The molecule has 0 spiro atoms. The van der Waals surface area contributed by atoms with Crippen LogP contribution in [-0.4, -0.2) is 69.8 Å². The van der Waals surface area contributed by atoms with Crippen molar-refractivity contribution in [1.82, 2.24) is 8.87 Å². The second-order valence-corrected chi connectivity index (χ2v) is 12.0. The Labute approximate surface area is 245 Å². The molecule has 4 aromatic rings. The standard InChI is InChI=1S/C32H33N3O6S/c1-3-35-29-13-12-24(42(37,38)34-15-17-40-18-16-34)21-26(29)27(32(35)36)20-23-22-33(28-9-5-4-8-25(23)28)14-19-41-31-11-7-6-10-30(31)39-2/h4-13,20-22H,3,14-19H2,1-2H3. The third-order valence-corrected chi connectivity index (χ3v) is 9.62. The summed E-state index contributed by atoms with van der Waals surface area (Å²) in [6.07, 6.45) is 3.89. The first kappa shape index (κ1) is 28.0. The van der Waals surface area contributed by atoms with Crippen LogP contribution < -0.4 is 14.4 Å². The van der Waals surface area contributed by atoms with Crippen molar-refractivity contribution in [2.45, 2.75) is 18.4 Å². The SMILES string of the molecule is CCN1C(=O)C(=Cc2cn(CCOc3ccccc3OC)c3ccccc23)c2cc(S(=O)(=O)N3CCOCC3)ccc21. The summed E-state index contributed by atoms with van der Waals surface area (Å²) >= 11 is 0. The number of fused-ring (bicyclic) bond motifs is 2. The summed E-state index contributed by atoms with van der Waals surface area (Å²) in [6, 6.07) is 20.5. The molecule has 218 valence electrons. The molecule has 1 fully saturated rings. The predicted octanol–water partition coefficient (Wildman–Crippen LogP) is 4.66. The summed E-state index contributed by atoms with van der Waals surface area (Å²) in [4.78, 5) is 15.5. The molecule has 1 aromatic heterocycles. The fourth-order valence-electron chi connectivity index (χ4n) is 5.61. The molecule has 42 heavy (non-hydrogen) atoms. The Morgan fingerprint density at radius 1 is 0.976 bits per heavy atom. The summed E-state index contributed by atoms with van der Waals surface area (Å²) in [7, 11) is -2.11. The number of aromatic nitrogens is 1. The molecule has 1 amide bonds. The van der Waals surface area contributed by atoms with Gasteiger partial charge in [-0.05, 0) is 49.4 Å². The minimum atomic E-state index is -3.72. The molecule has 10 heteroatoms. The maximum Gasteiger partial charge on any atom is 0.258 e. The monoisotopic (exact) mass is 587 g/mol.